The number of nitrogens with two attached hydrogens (primary N) is 1. The summed E-state index contributed by atoms with van der Waals surface area (Å²) in [6.45, 7) is 1.90. The molecule has 0 spiro atoms. The molecule has 2 heterocycles. The zero-order chi connectivity index (χ0) is 19.4. The van der Waals surface area contributed by atoms with E-state index in [2.05, 4.69) is 20.4 Å². The fourth-order valence-corrected chi connectivity index (χ4v) is 3.86. The molecule has 3 N–H and O–H groups in total. The highest BCUT2D eigenvalue weighted by Crippen LogP contribution is 2.30. The molecule has 1 aromatic carbocycles. The molecule has 1 fully saturated rings. The van der Waals surface area contributed by atoms with Crippen LogP contribution in [-0.2, 0) is 0 Å². The van der Waals surface area contributed by atoms with Crippen LogP contribution < -0.4 is 16.1 Å². The van der Waals surface area contributed by atoms with Crippen molar-refractivity contribution < 1.29 is 9.72 Å². The first-order chi connectivity index (χ1) is 12.9. The van der Waals surface area contributed by atoms with Gasteiger partial charge in [0.05, 0.1) is 21.6 Å². The third-order valence-corrected chi connectivity index (χ3v) is 5.44. The van der Waals surface area contributed by atoms with Crippen molar-refractivity contribution in [2.24, 2.45) is 5.10 Å². The molecule has 0 atom stereocenters. The standard InChI is InChI=1S/C16H17ClN6O3S/c17-14-13(27-16(20-14)22-4-2-1-3-5-22)9-19-21-15(24)10-6-11(18)8-12(7-10)23(25)26/h6-9H,1-5,18H2,(H,21,24)/b19-9-. The van der Waals surface area contributed by atoms with Crippen LogP contribution >= 0.6 is 22.9 Å². The molecule has 142 valence electrons. The Morgan fingerprint density at radius 1 is 1.37 bits per heavy atom. The number of aromatic nitrogens is 1. The number of nitrogens with one attached hydrogen (secondary N) is 1. The van der Waals surface area contributed by atoms with Crippen LogP contribution in [0.4, 0.5) is 16.5 Å². The molecule has 3 rings (SSSR count). The van der Waals surface area contributed by atoms with E-state index in [1.165, 1.54) is 36.1 Å². The Morgan fingerprint density at radius 3 is 2.81 bits per heavy atom. The van der Waals surface area contributed by atoms with Gasteiger partial charge in [0.25, 0.3) is 11.6 Å². The molecule has 1 aliphatic rings. The normalized spacial score (nSPS) is 14.5. The first kappa shape index (κ1) is 19.1. The van der Waals surface area contributed by atoms with E-state index in [-0.39, 0.29) is 16.9 Å². The van der Waals surface area contributed by atoms with Gasteiger partial charge in [0.15, 0.2) is 10.3 Å². The molecule has 1 aromatic heterocycles. The van der Waals surface area contributed by atoms with Crippen LogP contribution in [0.5, 0.6) is 0 Å². The van der Waals surface area contributed by atoms with Crippen molar-refractivity contribution in [3.05, 3.63) is 43.9 Å². The number of anilines is 2. The maximum Gasteiger partial charge on any atom is 0.272 e. The monoisotopic (exact) mass is 408 g/mol. The average Bonchev–Trinajstić information content (AvgIpc) is 3.02. The zero-order valence-corrected chi connectivity index (χ0v) is 15.8. The van der Waals surface area contributed by atoms with Crippen molar-refractivity contribution >= 4 is 51.6 Å². The summed E-state index contributed by atoms with van der Waals surface area (Å²) >= 11 is 7.55. The number of carbonyl (C=O) groups excluding carboxylic acids is 1. The van der Waals surface area contributed by atoms with Crippen LogP contribution in [0.2, 0.25) is 5.15 Å². The molecule has 1 aliphatic heterocycles. The third-order valence-electron chi connectivity index (χ3n) is 3.99. The molecule has 2 aromatic rings. The number of nitro groups is 1. The van der Waals surface area contributed by atoms with Crippen molar-refractivity contribution in [1.82, 2.24) is 10.4 Å². The second kappa shape index (κ2) is 8.31. The van der Waals surface area contributed by atoms with Crippen molar-refractivity contribution in [2.45, 2.75) is 19.3 Å². The van der Waals surface area contributed by atoms with Gasteiger partial charge in [-0.3, -0.25) is 14.9 Å². The Bertz CT molecular complexity index is 894. The fourth-order valence-electron chi connectivity index (χ4n) is 2.69. The molecular weight excluding hydrogens is 392 g/mol. The van der Waals surface area contributed by atoms with Crippen molar-refractivity contribution in [3.8, 4) is 0 Å². The molecule has 0 saturated carbocycles. The van der Waals surface area contributed by atoms with E-state index in [1.54, 1.807) is 0 Å². The zero-order valence-electron chi connectivity index (χ0n) is 14.2. The van der Waals surface area contributed by atoms with E-state index in [4.69, 9.17) is 17.3 Å². The van der Waals surface area contributed by atoms with E-state index in [0.29, 0.717) is 10.0 Å². The summed E-state index contributed by atoms with van der Waals surface area (Å²) in [7, 11) is 0. The Labute approximate surface area is 164 Å². The molecule has 11 heteroatoms. The number of hydrazone groups is 1. The van der Waals surface area contributed by atoms with Crippen LogP contribution in [0.25, 0.3) is 0 Å². The predicted molar refractivity (Wildman–Crippen MR) is 106 cm³/mol. The predicted octanol–water partition coefficient (Wildman–Crippen LogP) is 3.04. The minimum absolute atomic E-state index is 0.0447. The highest BCUT2D eigenvalue weighted by Gasteiger charge is 2.17. The summed E-state index contributed by atoms with van der Waals surface area (Å²) in [6.07, 6.45) is 4.89. The lowest BCUT2D eigenvalue weighted by molar-refractivity contribution is -0.384. The van der Waals surface area contributed by atoms with Crippen molar-refractivity contribution in [2.75, 3.05) is 23.7 Å². The Balaban J connectivity index is 1.68. The van der Waals surface area contributed by atoms with Gasteiger partial charge in [0.2, 0.25) is 0 Å². The van der Waals surface area contributed by atoms with Gasteiger partial charge in [-0.2, -0.15) is 5.10 Å². The number of nitrogens with zero attached hydrogens (tertiary/aromatic N) is 4. The quantitative estimate of drug-likeness (QED) is 0.339. The number of nitro benzene ring substituents is 1. The third kappa shape index (κ3) is 4.72. The second-order valence-corrected chi connectivity index (χ2v) is 7.34. The number of carbonyl (C=O) groups is 1. The van der Waals surface area contributed by atoms with E-state index in [9.17, 15) is 14.9 Å². The number of amides is 1. The van der Waals surface area contributed by atoms with Gasteiger partial charge in [0.1, 0.15) is 0 Å². The summed E-state index contributed by atoms with van der Waals surface area (Å²) in [4.78, 5) is 29.5. The lowest BCUT2D eigenvalue weighted by Crippen LogP contribution is -2.29. The molecule has 0 radical (unpaired) electrons. The topological polar surface area (TPSA) is 127 Å². The Morgan fingerprint density at radius 2 is 2.11 bits per heavy atom. The minimum Gasteiger partial charge on any atom is -0.399 e. The summed E-state index contributed by atoms with van der Waals surface area (Å²) in [5.74, 6) is -0.612. The van der Waals surface area contributed by atoms with Gasteiger partial charge in [-0.25, -0.2) is 10.4 Å². The number of non-ortho nitro benzene ring substituents is 1. The number of benzene rings is 1. The van der Waals surface area contributed by atoms with Crippen LogP contribution in [0.3, 0.4) is 0 Å². The van der Waals surface area contributed by atoms with Crippen LogP contribution in [-0.4, -0.2) is 35.1 Å². The first-order valence-electron chi connectivity index (χ1n) is 8.23. The number of rotatable bonds is 5. The van der Waals surface area contributed by atoms with Gasteiger partial charge in [0, 0.05) is 30.9 Å². The van der Waals surface area contributed by atoms with E-state index >= 15 is 0 Å². The molecular formula is C16H17ClN6O3S. The number of halogens is 1. The van der Waals surface area contributed by atoms with Gasteiger partial charge in [-0.05, 0) is 25.3 Å². The maximum absolute atomic E-state index is 12.1. The van der Waals surface area contributed by atoms with E-state index in [0.717, 1.165) is 37.1 Å². The molecule has 27 heavy (non-hydrogen) atoms. The average molecular weight is 409 g/mol. The van der Waals surface area contributed by atoms with Gasteiger partial charge in [-0.15, -0.1) is 0 Å². The summed E-state index contributed by atoms with van der Waals surface area (Å²) in [6, 6.07) is 3.65. The smallest absolute Gasteiger partial charge is 0.272 e. The van der Waals surface area contributed by atoms with Crippen molar-refractivity contribution in [3.63, 3.8) is 0 Å². The van der Waals surface area contributed by atoms with Crippen LogP contribution in [0.1, 0.15) is 34.5 Å². The lowest BCUT2D eigenvalue weighted by Gasteiger charge is -2.25. The summed E-state index contributed by atoms with van der Waals surface area (Å²) in [5.41, 5.74) is 7.81. The highest BCUT2D eigenvalue weighted by atomic mass is 35.5. The van der Waals surface area contributed by atoms with Gasteiger partial charge >= 0.3 is 0 Å². The van der Waals surface area contributed by atoms with E-state index < -0.39 is 10.8 Å². The maximum atomic E-state index is 12.1. The summed E-state index contributed by atoms with van der Waals surface area (Å²) in [5, 5.41) is 15.9. The van der Waals surface area contributed by atoms with Crippen LogP contribution in [0.15, 0.2) is 23.3 Å². The van der Waals surface area contributed by atoms with E-state index in [1.807, 2.05) is 0 Å². The molecule has 0 aliphatic carbocycles. The number of piperidine rings is 1. The lowest BCUT2D eigenvalue weighted by atomic mass is 10.1. The minimum atomic E-state index is -0.615. The molecule has 1 saturated heterocycles. The number of hydrogen-bond acceptors (Lipinski definition) is 8. The second-order valence-electron chi connectivity index (χ2n) is 5.97. The van der Waals surface area contributed by atoms with Crippen LogP contribution in [0, 0.1) is 10.1 Å². The Kier molecular flexibility index (Phi) is 5.87. The number of nitrogen functional groups attached to an aromatic ring is 1. The molecule has 1 amide bonds. The SMILES string of the molecule is Nc1cc(C(=O)N/N=C\c2sc(N3CCCCC3)nc2Cl)cc([N+](=O)[O-])c1. The Hall–Kier alpha value is -2.72. The van der Waals surface area contributed by atoms with Crippen molar-refractivity contribution in [1.29, 1.82) is 0 Å². The number of hydrogen-bond donors (Lipinski definition) is 2. The summed E-state index contributed by atoms with van der Waals surface area (Å²) < 4.78 is 0. The molecule has 9 nitrogen and oxygen atoms in total. The van der Waals surface area contributed by atoms with Gasteiger partial charge in [-0.1, -0.05) is 22.9 Å². The van der Waals surface area contributed by atoms with Gasteiger partial charge < -0.3 is 10.6 Å². The highest BCUT2D eigenvalue weighted by molar-refractivity contribution is 7.17. The molecule has 0 unspecified atom stereocenters. The molecule has 0 bridgehead atoms. The largest absolute Gasteiger partial charge is 0.399 e. The first-order valence-corrected chi connectivity index (χ1v) is 9.43. The fraction of sp³-hybridized carbons (Fsp3) is 0.312. The number of thiazole rings is 1.